The zero-order valence-electron chi connectivity index (χ0n) is 25.9. The maximum Gasteiger partial charge on any atom is 0.410 e. The van der Waals surface area contributed by atoms with E-state index in [1.807, 2.05) is 49.6 Å². The maximum absolute atomic E-state index is 12.5. The van der Waals surface area contributed by atoms with Crippen LogP contribution in [-0.2, 0) is 9.47 Å². The average Bonchev–Trinajstić information content (AvgIpc) is 3.45. The molecule has 2 fully saturated rings. The predicted octanol–water partition coefficient (Wildman–Crippen LogP) is 5.04. The lowest BCUT2D eigenvalue weighted by atomic mass is 10.1. The maximum atomic E-state index is 12.5. The minimum Gasteiger partial charge on any atom is -0.444 e. The second-order valence-electron chi connectivity index (χ2n) is 12.2. The number of nitrogens with one attached hydrogen (secondary N) is 1. The van der Waals surface area contributed by atoms with E-state index < -0.39 is 5.60 Å². The highest BCUT2D eigenvalue weighted by Crippen LogP contribution is 2.28. The number of aromatic nitrogens is 3. The summed E-state index contributed by atoms with van der Waals surface area (Å²) in [7, 11) is 0. The van der Waals surface area contributed by atoms with Gasteiger partial charge in [0.05, 0.1) is 25.1 Å². The molecule has 2 aromatic heterocycles. The fourth-order valence-corrected chi connectivity index (χ4v) is 5.41. The number of aryl methyl sites for hydroxylation is 1. The highest BCUT2D eigenvalue weighted by Gasteiger charge is 2.26. The molecule has 11 heteroatoms. The Hall–Kier alpha value is -4.64. The standard InChI is InChI=1S/C33H40N8O3/c1-24-6-5-7-25(20-24)23-34-36-29-22-31(39-16-18-43-19-17-39)41-30(35-29)21-28(37-41)26-8-10-27(11-9-26)38-12-14-40(15-13-38)32(42)44-33(2,3)4/h5-11,20-23H,12-19H2,1-4H3,(H,35,36)/b34-23+. The van der Waals surface area contributed by atoms with Gasteiger partial charge < -0.3 is 24.2 Å². The first-order chi connectivity index (χ1) is 21.2. The molecule has 2 saturated heterocycles. The minimum atomic E-state index is -0.492. The fraction of sp³-hybridized carbons (Fsp3) is 0.394. The van der Waals surface area contributed by atoms with E-state index in [9.17, 15) is 4.79 Å². The number of rotatable bonds is 6. The summed E-state index contributed by atoms with van der Waals surface area (Å²) in [5.41, 5.74) is 8.53. The van der Waals surface area contributed by atoms with Crippen LogP contribution in [0.2, 0.25) is 0 Å². The molecule has 0 unspecified atom stereocenters. The van der Waals surface area contributed by atoms with E-state index in [0.717, 1.165) is 60.2 Å². The van der Waals surface area contributed by atoms with Crippen molar-refractivity contribution in [3.63, 3.8) is 0 Å². The second-order valence-corrected chi connectivity index (χ2v) is 12.2. The quantitative estimate of drug-likeness (QED) is 0.244. The normalized spacial score (nSPS) is 16.1. The van der Waals surface area contributed by atoms with Crippen LogP contribution in [0.15, 0.2) is 65.8 Å². The molecule has 0 spiro atoms. The van der Waals surface area contributed by atoms with E-state index >= 15 is 0 Å². The van der Waals surface area contributed by atoms with Crippen molar-refractivity contribution in [1.29, 1.82) is 0 Å². The molecule has 0 atom stereocenters. The number of hydrazone groups is 1. The number of nitrogens with zero attached hydrogens (tertiary/aromatic N) is 7. The van der Waals surface area contributed by atoms with Crippen LogP contribution in [0.25, 0.3) is 16.9 Å². The number of anilines is 3. The van der Waals surface area contributed by atoms with E-state index in [1.54, 1.807) is 11.1 Å². The molecule has 11 nitrogen and oxygen atoms in total. The molecule has 4 heterocycles. The van der Waals surface area contributed by atoms with E-state index in [4.69, 9.17) is 19.6 Å². The highest BCUT2D eigenvalue weighted by molar-refractivity contribution is 5.80. The molecule has 230 valence electrons. The first-order valence-corrected chi connectivity index (χ1v) is 15.1. The summed E-state index contributed by atoms with van der Waals surface area (Å²) in [4.78, 5) is 23.6. The van der Waals surface area contributed by atoms with Crippen LogP contribution in [-0.4, -0.2) is 89.9 Å². The number of hydrogen-bond acceptors (Lipinski definition) is 9. The highest BCUT2D eigenvalue weighted by atomic mass is 16.6. The monoisotopic (exact) mass is 596 g/mol. The van der Waals surface area contributed by atoms with E-state index in [2.05, 4.69) is 63.6 Å². The van der Waals surface area contributed by atoms with Gasteiger partial charge in [0, 0.05) is 62.7 Å². The fourth-order valence-electron chi connectivity index (χ4n) is 5.41. The van der Waals surface area contributed by atoms with Crippen LogP contribution in [0.5, 0.6) is 0 Å². The summed E-state index contributed by atoms with van der Waals surface area (Å²) in [6, 6.07) is 20.6. The molecule has 0 aliphatic carbocycles. The molecule has 6 rings (SSSR count). The van der Waals surface area contributed by atoms with E-state index in [1.165, 1.54) is 5.56 Å². The Labute approximate surface area is 258 Å². The average molecular weight is 597 g/mol. The van der Waals surface area contributed by atoms with Crippen LogP contribution in [0.3, 0.4) is 0 Å². The largest absolute Gasteiger partial charge is 0.444 e. The molecule has 4 aromatic rings. The van der Waals surface area contributed by atoms with Gasteiger partial charge in [0.15, 0.2) is 11.5 Å². The number of amides is 1. The Balaban J connectivity index is 1.19. The summed E-state index contributed by atoms with van der Waals surface area (Å²) < 4.78 is 13.0. The van der Waals surface area contributed by atoms with E-state index in [0.29, 0.717) is 32.1 Å². The molecule has 1 N–H and O–H groups in total. The Morgan fingerprint density at radius 2 is 1.70 bits per heavy atom. The third kappa shape index (κ3) is 6.94. The van der Waals surface area contributed by atoms with Gasteiger partial charge in [-0.15, -0.1) is 0 Å². The molecule has 0 bridgehead atoms. The number of morpholine rings is 1. The molecule has 0 radical (unpaired) electrons. The summed E-state index contributed by atoms with van der Waals surface area (Å²) in [5.74, 6) is 1.59. The van der Waals surface area contributed by atoms with Crippen molar-refractivity contribution >= 4 is 35.3 Å². The smallest absolute Gasteiger partial charge is 0.410 e. The van der Waals surface area contributed by atoms with Crippen LogP contribution in [0.4, 0.5) is 22.1 Å². The van der Waals surface area contributed by atoms with Crippen molar-refractivity contribution in [2.75, 3.05) is 67.7 Å². The van der Waals surface area contributed by atoms with Crippen molar-refractivity contribution < 1.29 is 14.3 Å². The number of carbonyl (C=O) groups is 1. The summed E-state index contributed by atoms with van der Waals surface area (Å²) in [6.07, 6.45) is 1.55. The summed E-state index contributed by atoms with van der Waals surface area (Å²) in [5, 5.41) is 9.42. The van der Waals surface area contributed by atoms with Crippen LogP contribution >= 0.6 is 0 Å². The summed E-state index contributed by atoms with van der Waals surface area (Å²) in [6.45, 7) is 13.4. The number of fused-ring (bicyclic) bond motifs is 1. The molecule has 1 amide bonds. The number of benzene rings is 2. The van der Waals surface area contributed by atoms with Crippen molar-refractivity contribution in [1.82, 2.24) is 19.5 Å². The van der Waals surface area contributed by atoms with Crippen molar-refractivity contribution in [2.45, 2.75) is 33.3 Å². The first-order valence-electron chi connectivity index (χ1n) is 15.1. The zero-order valence-corrected chi connectivity index (χ0v) is 25.9. The molecular weight excluding hydrogens is 556 g/mol. The van der Waals surface area contributed by atoms with Gasteiger partial charge in [-0.1, -0.05) is 42.0 Å². The number of hydrogen-bond donors (Lipinski definition) is 1. The molecular formula is C33H40N8O3. The Morgan fingerprint density at radius 1 is 0.955 bits per heavy atom. The molecule has 2 aromatic carbocycles. The van der Waals surface area contributed by atoms with Crippen LogP contribution < -0.4 is 15.2 Å². The Bertz CT molecular complexity index is 1630. The van der Waals surface area contributed by atoms with Gasteiger partial charge in [-0.25, -0.2) is 9.78 Å². The third-order valence-electron chi connectivity index (χ3n) is 7.64. The molecule has 44 heavy (non-hydrogen) atoms. The first kappa shape index (κ1) is 29.4. The third-order valence-corrected chi connectivity index (χ3v) is 7.64. The number of carbonyl (C=O) groups excluding carboxylic acids is 1. The Morgan fingerprint density at radius 3 is 2.41 bits per heavy atom. The number of ether oxygens (including phenoxy) is 2. The lowest BCUT2D eigenvalue weighted by Crippen LogP contribution is -2.50. The van der Waals surface area contributed by atoms with E-state index in [-0.39, 0.29) is 6.09 Å². The van der Waals surface area contributed by atoms with Crippen LogP contribution in [0.1, 0.15) is 31.9 Å². The van der Waals surface area contributed by atoms with Gasteiger partial charge in [0.2, 0.25) is 0 Å². The lowest BCUT2D eigenvalue weighted by molar-refractivity contribution is 0.0240. The van der Waals surface area contributed by atoms with Crippen molar-refractivity contribution in [3.05, 3.63) is 71.8 Å². The lowest BCUT2D eigenvalue weighted by Gasteiger charge is -2.36. The Kier molecular flexibility index (Phi) is 8.38. The number of piperazine rings is 1. The SMILES string of the molecule is Cc1cccc(/C=N/Nc2cc(N3CCOCC3)n3nc(-c4ccc(N5CCN(C(=O)OC(C)(C)C)CC5)cc4)cc3n2)c1. The van der Waals surface area contributed by atoms with Gasteiger partial charge in [-0.2, -0.15) is 14.7 Å². The van der Waals surface area contributed by atoms with Gasteiger partial charge in [-0.05, 0) is 45.4 Å². The van der Waals surface area contributed by atoms with Gasteiger partial charge >= 0.3 is 6.09 Å². The van der Waals surface area contributed by atoms with Crippen molar-refractivity contribution in [2.24, 2.45) is 5.10 Å². The van der Waals surface area contributed by atoms with Crippen molar-refractivity contribution in [3.8, 4) is 11.3 Å². The zero-order chi connectivity index (χ0) is 30.7. The predicted molar refractivity (Wildman–Crippen MR) is 174 cm³/mol. The van der Waals surface area contributed by atoms with Crippen LogP contribution in [0, 0.1) is 6.92 Å². The van der Waals surface area contributed by atoms with Gasteiger partial charge in [0.1, 0.15) is 11.4 Å². The van der Waals surface area contributed by atoms with Gasteiger partial charge in [-0.3, -0.25) is 5.43 Å². The van der Waals surface area contributed by atoms with Gasteiger partial charge in [0.25, 0.3) is 0 Å². The summed E-state index contributed by atoms with van der Waals surface area (Å²) >= 11 is 0. The minimum absolute atomic E-state index is 0.249. The molecule has 2 aliphatic rings. The topological polar surface area (TPSA) is 99.8 Å². The molecule has 0 saturated carbocycles. The second kappa shape index (κ2) is 12.5. The molecule has 2 aliphatic heterocycles.